The average Bonchev–Trinajstić information content (AvgIpc) is 2.39. The smallest absolute Gasteiger partial charge is 0.243 e. The highest BCUT2D eigenvalue weighted by Gasteiger charge is 2.30. The first-order valence-corrected chi connectivity index (χ1v) is 7.32. The SMILES string of the molecule is O=C([O-])[C@H]1CCCN(S(=O)(=O)c2ccc(F)cc2)C1. The number of halogens is 1. The van der Waals surface area contributed by atoms with Crippen LogP contribution in [-0.2, 0) is 14.8 Å². The number of piperidine rings is 1. The largest absolute Gasteiger partial charge is 0.550 e. The second-order valence-electron chi connectivity index (χ2n) is 4.48. The number of benzene rings is 1. The van der Waals surface area contributed by atoms with Crippen molar-refractivity contribution < 1.29 is 22.7 Å². The zero-order valence-corrected chi connectivity index (χ0v) is 10.9. The summed E-state index contributed by atoms with van der Waals surface area (Å²) in [5, 5.41) is 10.8. The molecule has 1 aliphatic heterocycles. The van der Waals surface area contributed by atoms with Crippen LogP contribution in [-0.4, -0.2) is 31.8 Å². The molecule has 0 radical (unpaired) electrons. The first-order valence-electron chi connectivity index (χ1n) is 5.88. The molecular weight excluding hydrogens is 273 g/mol. The van der Waals surface area contributed by atoms with Gasteiger partial charge < -0.3 is 9.90 Å². The second kappa shape index (κ2) is 5.26. The molecule has 0 aliphatic carbocycles. The summed E-state index contributed by atoms with van der Waals surface area (Å²) in [4.78, 5) is 10.8. The number of sulfonamides is 1. The molecule has 1 aromatic rings. The molecule has 1 aliphatic rings. The number of carboxylic acids is 1. The fourth-order valence-electron chi connectivity index (χ4n) is 2.11. The van der Waals surface area contributed by atoms with Crippen molar-refractivity contribution in [2.45, 2.75) is 17.7 Å². The van der Waals surface area contributed by atoms with E-state index in [1.54, 1.807) is 0 Å². The molecule has 2 rings (SSSR count). The second-order valence-corrected chi connectivity index (χ2v) is 6.41. The maximum absolute atomic E-state index is 12.8. The molecule has 0 aromatic heterocycles. The lowest BCUT2D eigenvalue weighted by molar-refractivity contribution is -0.312. The minimum atomic E-state index is -3.77. The summed E-state index contributed by atoms with van der Waals surface area (Å²) in [6.07, 6.45) is 0.886. The molecule has 19 heavy (non-hydrogen) atoms. The van der Waals surface area contributed by atoms with Gasteiger partial charge in [0, 0.05) is 25.0 Å². The Hall–Kier alpha value is -1.47. The molecule has 0 spiro atoms. The summed E-state index contributed by atoms with van der Waals surface area (Å²) in [6, 6.07) is 4.47. The molecule has 1 heterocycles. The number of hydrogen-bond acceptors (Lipinski definition) is 4. The molecule has 5 nitrogen and oxygen atoms in total. The van der Waals surface area contributed by atoms with E-state index in [-0.39, 0.29) is 18.0 Å². The van der Waals surface area contributed by atoms with Gasteiger partial charge in [-0.15, -0.1) is 0 Å². The van der Waals surface area contributed by atoms with E-state index < -0.39 is 27.7 Å². The van der Waals surface area contributed by atoms with Gasteiger partial charge in [-0.05, 0) is 37.1 Å². The Morgan fingerprint density at radius 3 is 2.53 bits per heavy atom. The topological polar surface area (TPSA) is 77.5 Å². The Balaban J connectivity index is 2.24. The molecule has 0 amide bonds. The molecule has 1 saturated heterocycles. The number of carboxylic acid groups (broad SMARTS) is 1. The van der Waals surface area contributed by atoms with E-state index in [1.165, 1.54) is 12.1 Å². The third-order valence-electron chi connectivity index (χ3n) is 3.17. The highest BCUT2D eigenvalue weighted by atomic mass is 32.2. The highest BCUT2D eigenvalue weighted by molar-refractivity contribution is 7.89. The summed E-state index contributed by atoms with van der Waals surface area (Å²) in [6.45, 7) is 0.172. The van der Waals surface area contributed by atoms with Gasteiger partial charge in [0.05, 0.1) is 4.90 Å². The van der Waals surface area contributed by atoms with Crippen LogP contribution < -0.4 is 5.11 Å². The molecule has 1 fully saturated rings. The van der Waals surface area contributed by atoms with E-state index in [4.69, 9.17) is 0 Å². The van der Waals surface area contributed by atoms with Gasteiger partial charge in [0.25, 0.3) is 0 Å². The maximum Gasteiger partial charge on any atom is 0.243 e. The summed E-state index contributed by atoms with van der Waals surface area (Å²) >= 11 is 0. The molecular formula is C12H13FNO4S-. The van der Waals surface area contributed by atoms with Gasteiger partial charge in [-0.3, -0.25) is 0 Å². The van der Waals surface area contributed by atoms with Gasteiger partial charge in [0.15, 0.2) is 0 Å². The molecule has 0 saturated carbocycles. The van der Waals surface area contributed by atoms with Crippen LogP contribution in [0.4, 0.5) is 4.39 Å². The fraction of sp³-hybridized carbons (Fsp3) is 0.417. The zero-order valence-electron chi connectivity index (χ0n) is 10.1. The fourth-order valence-corrected chi connectivity index (χ4v) is 3.63. The summed E-state index contributed by atoms with van der Waals surface area (Å²) in [5.41, 5.74) is 0. The first-order chi connectivity index (χ1) is 8.91. The van der Waals surface area contributed by atoms with Crippen molar-refractivity contribution in [3.8, 4) is 0 Å². The lowest BCUT2D eigenvalue weighted by atomic mass is 10.0. The molecule has 104 valence electrons. The minimum absolute atomic E-state index is 0.0344. The van der Waals surface area contributed by atoms with Crippen molar-refractivity contribution in [2.24, 2.45) is 5.92 Å². The first kappa shape index (κ1) is 14.0. The van der Waals surface area contributed by atoms with E-state index >= 15 is 0 Å². The van der Waals surface area contributed by atoms with Crippen molar-refractivity contribution in [2.75, 3.05) is 13.1 Å². The Labute approximate surface area is 110 Å². The van der Waals surface area contributed by atoms with Gasteiger partial charge in [-0.2, -0.15) is 4.31 Å². The highest BCUT2D eigenvalue weighted by Crippen LogP contribution is 2.23. The molecule has 0 unspecified atom stereocenters. The zero-order chi connectivity index (χ0) is 14.0. The van der Waals surface area contributed by atoms with Crippen molar-refractivity contribution in [3.05, 3.63) is 30.1 Å². The Morgan fingerprint density at radius 1 is 1.32 bits per heavy atom. The van der Waals surface area contributed by atoms with E-state index in [0.717, 1.165) is 16.4 Å². The van der Waals surface area contributed by atoms with E-state index in [1.807, 2.05) is 0 Å². The van der Waals surface area contributed by atoms with Crippen molar-refractivity contribution in [1.82, 2.24) is 4.31 Å². The lowest BCUT2D eigenvalue weighted by Gasteiger charge is -2.32. The van der Waals surface area contributed by atoms with E-state index in [2.05, 4.69) is 0 Å². The van der Waals surface area contributed by atoms with Gasteiger partial charge in [-0.25, -0.2) is 12.8 Å². The summed E-state index contributed by atoms with van der Waals surface area (Å²) in [7, 11) is -3.77. The third-order valence-corrected chi connectivity index (χ3v) is 5.05. The van der Waals surface area contributed by atoms with Gasteiger partial charge in [0.2, 0.25) is 10.0 Å². The molecule has 7 heteroatoms. The normalized spacial score (nSPS) is 21.2. The van der Waals surface area contributed by atoms with Crippen LogP contribution in [0, 0.1) is 11.7 Å². The van der Waals surface area contributed by atoms with Gasteiger partial charge >= 0.3 is 0 Å². The van der Waals surface area contributed by atoms with Gasteiger partial charge in [-0.1, -0.05) is 0 Å². The van der Waals surface area contributed by atoms with Crippen LogP contribution in [0.3, 0.4) is 0 Å². The van der Waals surface area contributed by atoms with Crippen molar-refractivity contribution in [1.29, 1.82) is 0 Å². The van der Waals surface area contributed by atoms with Crippen LogP contribution in [0.15, 0.2) is 29.2 Å². The monoisotopic (exact) mass is 286 g/mol. The lowest BCUT2D eigenvalue weighted by Crippen LogP contribution is -2.46. The standard InChI is InChI=1S/C12H14FNO4S/c13-10-3-5-11(6-4-10)19(17,18)14-7-1-2-9(8-14)12(15)16/h3-6,9H,1-2,7-8H2,(H,15,16)/p-1/t9-/m0/s1. The van der Waals surface area contributed by atoms with Crippen LogP contribution in [0.1, 0.15) is 12.8 Å². The summed E-state index contributed by atoms with van der Waals surface area (Å²) in [5.74, 6) is -2.55. The number of carbonyl (C=O) groups excluding carboxylic acids is 1. The molecule has 0 bridgehead atoms. The van der Waals surface area contributed by atoms with Crippen LogP contribution in [0.2, 0.25) is 0 Å². The van der Waals surface area contributed by atoms with Crippen molar-refractivity contribution >= 4 is 16.0 Å². The summed E-state index contributed by atoms with van der Waals surface area (Å²) < 4.78 is 38.4. The van der Waals surface area contributed by atoms with Crippen LogP contribution in [0.25, 0.3) is 0 Å². The third kappa shape index (κ3) is 2.93. The number of nitrogens with zero attached hydrogens (tertiary/aromatic N) is 1. The predicted octanol–water partition coefficient (Wildman–Crippen LogP) is -0.0237. The number of aliphatic carboxylic acids is 1. The predicted molar refractivity (Wildman–Crippen MR) is 62.9 cm³/mol. The minimum Gasteiger partial charge on any atom is -0.550 e. The Morgan fingerprint density at radius 2 is 1.95 bits per heavy atom. The number of hydrogen-bond donors (Lipinski definition) is 0. The van der Waals surface area contributed by atoms with E-state index in [0.29, 0.717) is 12.8 Å². The van der Waals surface area contributed by atoms with Crippen LogP contribution >= 0.6 is 0 Å². The Bertz CT molecular complexity index is 570. The molecule has 0 N–H and O–H groups in total. The maximum atomic E-state index is 12.8. The van der Waals surface area contributed by atoms with Crippen molar-refractivity contribution in [3.63, 3.8) is 0 Å². The Kier molecular flexibility index (Phi) is 3.86. The van der Waals surface area contributed by atoms with Gasteiger partial charge in [0.1, 0.15) is 5.82 Å². The van der Waals surface area contributed by atoms with E-state index in [9.17, 15) is 22.7 Å². The number of carbonyl (C=O) groups is 1. The molecule has 1 aromatic carbocycles. The quantitative estimate of drug-likeness (QED) is 0.782. The average molecular weight is 286 g/mol. The van der Waals surface area contributed by atoms with Crippen LogP contribution in [0.5, 0.6) is 0 Å². The molecule has 1 atom stereocenters. The number of rotatable bonds is 3.